The van der Waals surface area contributed by atoms with Crippen LogP contribution in [-0.4, -0.2) is 63.5 Å². The van der Waals surface area contributed by atoms with Crippen molar-refractivity contribution in [3.63, 3.8) is 0 Å². The standard InChI is InChI=1S/C33H29FN11O/c34-22-5-8-26(39-19-22)27-9-10-28-33(41-27)44(32(42-28)25-2-1-14-38-31(25)36)24-6-3-21(4-7-24)20-45(46)16-12-23(13-17-45)40-29-11-15-37-30(18-35)43-29/h1-11,14-15,19,23,46H,12-13,16-17,20H2,(H2,36,38)(H,37,40,43)/q+1. The van der Waals surface area contributed by atoms with Crippen LogP contribution in [0.5, 0.6) is 0 Å². The molecule has 0 aliphatic carbocycles. The number of nitrogen functional groups attached to an aromatic ring is 1. The van der Waals surface area contributed by atoms with Gasteiger partial charge < -0.3 is 11.1 Å². The molecule has 1 aliphatic rings. The Morgan fingerprint density at radius 1 is 0.935 bits per heavy atom. The van der Waals surface area contributed by atoms with Gasteiger partial charge in [0.1, 0.15) is 48.7 Å². The fourth-order valence-corrected chi connectivity index (χ4v) is 5.80. The molecule has 6 heterocycles. The molecule has 5 aromatic heterocycles. The quantitative estimate of drug-likeness (QED) is 0.211. The van der Waals surface area contributed by atoms with Gasteiger partial charge >= 0.3 is 0 Å². The normalized spacial score (nSPS) is 17.9. The number of likely N-dealkylation sites (tertiary alicyclic amines) is 1. The number of nitrogens with one attached hydrogen (secondary N) is 1. The van der Waals surface area contributed by atoms with Crippen LogP contribution in [0.2, 0.25) is 0 Å². The molecule has 7 rings (SSSR count). The first kappa shape index (κ1) is 28.9. The minimum Gasteiger partial charge on any atom is -0.383 e. The van der Waals surface area contributed by atoms with Crippen LogP contribution in [0.3, 0.4) is 0 Å². The van der Waals surface area contributed by atoms with Gasteiger partial charge in [-0.2, -0.15) is 9.91 Å². The van der Waals surface area contributed by atoms with Crippen LogP contribution in [0.25, 0.3) is 39.6 Å². The summed E-state index contributed by atoms with van der Waals surface area (Å²) in [5.41, 5.74) is 11.1. The molecule has 228 valence electrons. The van der Waals surface area contributed by atoms with Crippen molar-refractivity contribution >= 4 is 22.8 Å². The zero-order valence-corrected chi connectivity index (χ0v) is 24.6. The van der Waals surface area contributed by atoms with E-state index in [1.165, 1.54) is 6.07 Å². The van der Waals surface area contributed by atoms with E-state index in [1.54, 1.807) is 36.7 Å². The molecule has 0 unspecified atom stereocenters. The van der Waals surface area contributed by atoms with Crippen LogP contribution in [0.4, 0.5) is 16.0 Å². The number of hydrogen-bond acceptors (Lipinski definition) is 10. The number of nitrogens with two attached hydrogens (primary N) is 1. The smallest absolute Gasteiger partial charge is 0.234 e. The lowest BCUT2D eigenvalue weighted by molar-refractivity contribution is -1.12. The molecule has 0 atom stereocenters. The molecule has 0 radical (unpaired) electrons. The Hall–Kier alpha value is -5.84. The second kappa shape index (κ2) is 11.9. The number of nitrogens with zero attached hydrogens (tertiary/aromatic N) is 9. The van der Waals surface area contributed by atoms with Gasteiger partial charge in [-0.25, -0.2) is 34.5 Å². The van der Waals surface area contributed by atoms with Gasteiger partial charge in [0.05, 0.1) is 23.1 Å². The lowest BCUT2D eigenvalue weighted by atomic mass is 10.0. The van der Waals surface area contributed by atoms with Gasteiger partial charge in [-0.1, -0.05) is 12.1 Å². The first-order chi connectivity index (χ1) is 22.4. The number of aromatic nitrogens is 7. The van der Waals surface area contributed by atoms with Crippen molar-refractivity contribution in [2.24, 2.45) is 0 Å². The lowest BCUT2D eigenvalue weighted by Crippen LogP contribution is -2.52. The molecular weight excluding hydrogens is 585 g/mol. The van der Waals surface area contributed by atoms with Gasteiger partial charge in [-0.05, 0) is 54.6 Å². The first-order valence-electron chi connectivity index (χ1n) is 14.8. The number of benzene rings is 1. The molecule has 6 aromatic rings. The number of imidazole rings is 1. The lowest BCUT2D eigenvalue weighted by Gasteiger charge is -2.37. The van der Waals surface area contributed by atoms with E-state index in [2.05, 4.69) is 25.3 Å². The van der Waals surface area contributed by atoms with Crippen molar-refractivity contribution in [1.82, 2.24) is 34.5 Å². The summed E-state index contributed by atoms with van der Waals surface area (Å²) < 4.78 is 15.4. The number of anilines is 2. The maximum Gasteiger partial charge on any atom is 0.234 e. The van der Waals surface area contributed by atoms with Crippen LogP contribution in [-0.2, 0) is 6.54 Å². The van der Waals surface area contributed by atoms with E-state index in [0.29, 0.717) is 65.2 Å². The summed E-state index contributed by atoms with van der Waals surface area (Å²) in [6.07, 6.45) is 5.84. The summed E-state index contributed by atoms with van der Waals surface area (Å²) in [5.74, 6) is 1.23. The fourth-order valence-electron chi connectivity index (χ4n) is 5.80. The third-order valence-corrected chi connectivity index (χ3v) is 8.14. The molecule has 1 aromatic carbocycles. The molecule has 1 fully saturated rings. The summed E-state index contributed by atoms with van der Waals surface area (Å²) in [6.45, 7) is 1.58. The molecule has 46 heavy (non-hydrogen) atoms. The topological polar surface area (TPSA) is 164 Å². The number of quaternary nitrogens is 1. The van der Waals surface area contributed by atoms with Crippen LogP contribution < -0.4 is 11.1 Å². The molecule has 1 saturated heterocycles. The number of fused-ring (bicyclic) bond motifs is 1. The number of pyridine rings is 3. The molecule has 4 N–H and O–H groups in total. The number of hydrogen-bond donors (Lipinski definition) is 3. The van der Waals surface area contributed by atoms with Crippen molar-refractivity contribution in [1.29, 1.82) is 5.26 Å². The van der Waals surface area contributed by atoms with Crippen molar-refractivity contribution in [2.45, 2.75) is 25.4 Å². The Kier molecular flexibility index (Phi) is 7.49. The molecule has 0 bridgehead atoms. The molecular formula is C33H29FN11O+. The summed E-state index contributed by atoms with van der Waals surface area (Å²) in [5, 5.41) is 23.9. The van der Waals surface area contributed by atoms with Gasteiger partial charge in [0.2, 0.25) is 5.82 Å². The molecule has 1 aliphatic heterocycles. The van der Waals surface area contributed by atoms with Crippen molar-refractivity contribution < 1.29 is 14.2 Å². The zero-order valence-electron chi connectivity index (χ0n) is 24.6. The fraction of sp³-hybridized carbons (Fsp3) is 0.182. The number of nitriles is 1. The predicted molar refractivity (Wildman–Crippen MR) is 169 cm³/mol. The van der Waals surface area contributed by atoms with Gasteiger partial charge in [-0.3, -0.25) is 9.55 Å². The van der Waals surface area contributed by atoms with Crippen LogP contribution in [0.1, 0.15) is 24.2 Å². The second-order valence-electron chi connectivity index (χ2n) is 11.3. The summed E-state index contributed by atoms with van der Waals surface area (Å²) in [4.78, 5) is 26.3. The van der Waals surface area contributed by atoms with Gasteiger partial charge in [0.15, 0.2) is 11.5 Å². The highest BCUT2D eigenvalue weighted by atomic mass is 19.1. The summed E-state index contributed by atoms with van der Waals surface area (Å²) >= 11 is 0. The van der Waals surface area contributed by atoms with Crippen molar-refractivity contribution in [3.8, 4) is 34.5 Å². The number of piperidine rings is 1. The first-order valence-corrected chi connectivity index (χ1v) is 14.8. The Labute approximate surface area is 263 Å². The predicted octanol–water partition coefficient (Wildman–Crippen LogP) is 4.91. The SMILES string of the molecule is N#Cc1nccc(NC2CC[N+](O)(Cc3ccc(-n4c(-c5cccnc5N)nc5ccc(-c6ccc(F)cn6)nc54)cc3)CC2)n1. The van der Waals surface area contributed by atoms with E-state index < -0.39 is 5.82 Å². The highest BCUT2D eigenvalue weighted by Gasteiger charge is 2.33. The van der Waals surface area contributed by atoms with Gasteiger partial charge in [-0.15, -0.1) is 0 Å². The van der Waals surface area contributed by atoms with Crippen molar-refractivity contribution in [2.75, 3.05) is 24.1 Å². The van der Waals surface area contributed by atoms with E-state index in [0.717, 1.165) is 30.3 Å². The molecule has 0 spiro atoms. The highest BCUT2D eigenvalue weighted by molar-refractivity contribution is 5.84. The maximum absolute atomic E-state index is 13.5. The molecule has 0 saturated carbocycles. The number of rotatable bonds is 7. The number of halogens is 1. The molecule has 0 amide bonds. The van der Waals surface area contributed by atoms with E-state index >= 15 is 0 Å². The summed E-state index contributed by atoms with van der Waals surface area (Å²) in [6, 6.07) is 22.0. The number of hydroxylamine groups is 3. The van der Waals surface area contributed by atoms with Gasteiger partial charge in [0, 0.05) is 42.5 Å². The minimum atomic E-state index is -0.422. The Morgan fingerprint density at radius 3 is 2.48 bits per heavy atom. The maximum atomic E-state index is 13.5. The highest BCUT2D eigenvalue weighted by Crippen LogP contribution is 2.32. The Morgan fingerprint density at radius 2 is 1.74 bits per heavy atom. The second-order valence-corrected chi connectivity index (χ2v) is 11.3. The average Bonchev–Trinajstić information content (AvgIpc) is 3.45. The minimum absolute atomic E-state index is 0.0776. The zero-order chi connectivity index (χ0) is 31.7. The largest absolute Gasteiger partial charge is 0.383 e. The van der Waals surface area contributed by atoms with Crippen LogP contribution in [0.15, 0.2) is 85.3 Å². The summed E-state index contributed by atoms with van der Waals surface area (Å²) in [7, 11) is 0. The third kappa shape index (κ3) is 5.82. The van der Waals surface area contributed by atoms with Crippen LogP contribution in [0, 0.1) is 17.1 Å². The van der Waals surface area contributed by atoms with E-state index in [1.807, 2.05) is 47.0 Å². The van der Waals surface area contributed by atoms with E-state index in [4.69, 9.17) is 21.0 Å². The van der Waals surface area contributed by atoms with E-state index in [9.17, 15) is 9.60 Å². The monoisotopic (exact) mass is 614 g/mol. The van der Waals surface area contributed by atoms with Crippen LogP contribution >= 0.6 is 0 Å². The van der Waals surface area contributed by atoms with Gasteiger partial charge in [0.25, 0.3) is 0 Å². The Balaban J connectivity index is 1.15. The van der Waals surface area contributed by atoms with Crippen molar-refractivity contribution in [3.05, 3.63) is 103 Å². The molecule has 13 heteroatoms. The average molecular weight is 615 g/mol. The van der Waals surface area contributed by atoms with E-state index in [-0.39, 0.29) is 16.5 Å². The third-order valence-electron chi connectivity index (χ3n) is 8.14. The Bertz CT molecular complexity index is 2070. The molecule has 12 nitrogen and oxygen atoms in total.